The summed E-state index contributed by atoms with van der Waals surface area (Å²) in [4.78, 5) is 0.435. The van der Waals surface area contributed by atoms with E-state index in [1.54, 1.807) is 26.2 Å². The molecule has 1 aromatic carbocycles. The van der Waals surface area contributed by atoms with E-state index < -0.39 is 9.84 Å². The molecule has 0 spiro atoms. The summed E-state index contributed by atoms with van der Waals surface area (Å²) < 4.78 is 29.9. The topological polar surface area (TPSA) is 55.4 Å². The third-order valence-electron chi connectivity index (χ3n) is 3.53. The van der Waals surface area contributed by atoms with Crippen molar-refractivity contribution < 1.29 is 13.2 Å². The molecule has 0 saturated heterocycles. The lowest BCUT2D eigenvalue weighted by molar-refractivity contribution is 0.404. The molecule has 0 saturated carbocycles. The number of fused-ring (bicyclic) bond motifs is 1. The lowest BCUT2D eigenvalue weighted by Crippen LogP contribution is -2.37. The fourth-order valence-corrected chi connectivity index (χ4v) is 4.21. The third-order valence-corrected chi connectivity index (χ3v) is 5.77. The second-order valence-electron chi connectivity index (χ2n) is 5.37. The largest absolute Gasteiger partial charge is 0.497 e. The Balaban J connectivity index is 2.54. The standard InChI is InChI=1S/C14H21NO3S/c1-9(2)15-13-7-10(3)19(16,17)14-6-5-11(18-4)8-12(13)14/h5-6,8-10,13,15H,7H2,1-4H3. The van der Waals surface area contributed by atoms with E-state index in [0.717, 1.165) is 5.56 Å². The van der Waals surface area contributed by atoms with Gasteiger partial charge in [0.15, 0.2) is 9.84 Å². The molecule has 0 fully saturated rings. The van der Waals surface area contributed by atoms with Crippen LogP contribution in [0.4, 0.5) is 0 Å². The smallest absolute Gasteiger partial charge is 0.181 e. The van der Waals surface area contributed by atoms with Crippen LogP contribution in [0.25, 0.3) is 0 Å². The number of nitrogens with one attached hydrogen (secondary N) is 1. The molecule has 0 radical (unpaired) electrons. The summed E-state index contributed by atoms with van der Waals surface area (Å²) in [6.45, 7) is 5.90. The van der Waals surface area contributed by atoms with E-state index in [1.807, 2.05) is 6.07 Å². The summed E-state index contributed by atoms with van der Waals surface area (Å²) in [6.07, 6.45) is 0.598. The predicted octanol–water partition coefficient (Wildman–Crippen LogP) is 2.30. The van der Waals surface area contributed by atoms with E-state index in [-0.39, 0.29) is 11.3 Å². The van der Waals surface area contributed by atoms with Crippen LogP contribution < -0.4 is 10.1 Å². The number of hydrogen-bond acceptors (Lipinski definition) is 4. The lowest BCUT2D eigenvalue weighted by Gasteiger charge is -2.32. The van der Waals surface area contributed by atoms with Crippen molar-refractivity contribution in [3.63, 3.8) is 0 Å². The zero-order valence-corrected chi connectivity index (χ0v) is 12.6. The number of hydrogen-bond donors (Lipinski definition) is 1. The van der Waals surface area contributed by atoms with Crippen molar-refractivity contribution in [2.24, 2.45) is 0 Å². The van der Waals surface area contributed by atoms with Gasteiger partial charge in [0.2, 0.25) is 0 Å². The second-order valence-corrected chi connectivity index (χ2v) is 7.70. The van der Waals surface area contributed by atoms with Crippen molar-refractivity contribution in [1.82, 2.24) is 5.32 Å². The van der Waals surface area contributed by atoms with Crippen LogP contribution in [-0.4, -0.2) is 26.8 Å². The maximum absolute atomic E-state index is 12.4. The molecule has 0 aromatic heterocycles. The zero-order chi connectivity index (χ0) is 14.2. The second kappa shape index (κ2) is 5.13. The first-order chi connectivity index (χ1) is 8.86. The minimum absolute atomic E-state index is 0.0589. The summed E-state index contributed by atoms with van der Waals surface area (Å²) in [5.41, 5.74) is 0.825. The minimum atomic E-state index is -3.21. The summed E-state index contributed by atoms with van der Waals surface area (Å²) in [7, 11) is -1.62. The van der Waals surface area contributed by atoms with E-state index >= 15 is 0 Å². The SMILES string of the molecule is COc1ccc2c(c1)C(NC(C)C)CC(C)S2(=O)=O. The molecular weight excluding hydrogens is 262 g/mol. The fourth-order valence-electron chi connectivity index (χ4n) is 2.55. The van der Waals surface area contributed by atoms with Crippen LogP contribution in [0.5, 0.6) is 5.75 Å². The molecule has 106 valence electrons. The lowest BCUT2D eigenvalue weighted by atomic mass is 10.00. The van der Waals surface area contributed by atoms with Gasteiger partial charge in [0, 0.05) is 12.1 Å². The molecule has 19 heavy (non-hydrogen) atoms. The van der Waals surface area contributed by atoms with Crippen molar-refractivity contribution >= 4 is 9.84 Å². The van der Waals surface area contributed by atoms with Gasteiger partial charge in [0.25, 0.3) is 0 Å². The van der Waals surface area contributed by atoms with Gasteiger partial charge in [-0.1, -0.05) is 13.8 Å². The molecule has 1 aliphatic heterocycles. The highest BCUT2D eigenvalue weighted by atomic mass is 32.2. The monoisotopic (exact) mass is 283 g/mol. The molecule has 4 nitrogen and oxygen atoms in total. The molecular formula is C14H21NO3S. The van der Waals surface area contributed by atoms with Gasteiger partial charge < -0.3 is 10.1 Å². The van der Waals surface area contributed by atoms with E-state index in [4.69, 9.17) is 4.74 Å². The Morgan fingerprint density at radius 3 is 2.63 bits per heavy atom. The molecule has 2 atom stereocenters. The molecule has 0 bridgehead atoms. The van der Waals surface area contributed by atoms with E-state index in [2.05, 4.69) is 19.2 Å². The Kier molecular flexibility index (Phi) is 3.87. The maximum atomic E-state index is 12.4. The Morgan fingerprint density at radius 2 is 2.05 bits per heavy atom. The van der Waals surface area contributed by atoms with Crippen molar-refractivity contribution in [2.45, 2.75) is 49.4 Å². The molecule has 1 N–H and O–H groups in total. The summed E-state index contributed by atoms with van der Waals surface area (Å²) in [5.74, 6) is 0.694. The van der Waals surface area contributed by atoms with Crippen LogP contribution in [0.3, 0.4) is 0 Å². The van der Waals surface area contributed by atoms with Crippen molar-refractivity contribution in [2.75, 3.05) is 7.11 Å². The Hall–Kier alpha value is -1.07. The van der Waals surface area contributed by atoms with Crippen LogP contribution in [0.15, 0.2) is 23.1 Å². The van der Waals surface area contributed by atoms with Gasteiger partial charge >= 0.3 is 0 Å². The van der Waals surface area contributed by atoms with E-state index in [1.165, 1.54) is 0 Å². The maximum Gasteiger partial charge on any atom is 0.181 e. The average Bonchev–Trinajstić information content (AvgIpc) is 2.35. The molecule has 0 amide bonds. The van der Waals surface area contributed by atoms with Crippen molar-refractivity contribution in [1.29, 1.82) is 0 Å². The molecule has 1 aliphatic rings. The van der Waals surface area contributed by atoms with Crippen LogP contribution in [0, 0.1) is 0 Å². The van der Waals surface area contributed by atoms with Gasteiger partial charge in [-0.2, -0.15) is 0 Å². The van der Waals surface area contributed by atoms with Gasteiger partial charge in [-0.25, -0.2) is 8.42 Å². The zero-order valence-electron chi connectivity index (χ0n) is 11.8. The number of sulfone groups is 1. The first-order valence-electron chi connectivity index (χ1n) is 6.54. The van der Waals surface area contributed by atoms with Gasteiger partial charge in [-0.15, -0.1) is 0 Å². The number of methoxy groups -OCH3 is 1. The molecule has 2 rings (SSSR count). The van der Waals surface area contributed by atoms with Crippen LogP contribution >= 0.6 is 0 Å². The first-order valence-corrected chi connectivity index (χ1v) is 8.08. The minimum Gasteiger partial charge on any atom is -0.497 e. The number of rotatable bonds is 3. The Bertz CT molecular complexity index is 566. The van der Waals surface area contributed by atoms with Gasteiger partial charge in [0.05, 0.1) is 17.3 Å². The Morgan fingerprint density at radius 1 is 1.37 bits per heavy atom. The van der Waals surface area contributed by atoms with Gasteiger partial charge in [-0.3, -0.25) is 0 Å². The van der Waals surface area contributed by atoms with Crippen LogP contribution in [0.2, 0.25) is 0 Å². The molecule has 1 aromatic rings. The predicted molar refractivity (Wildman–Crippen MR) is 75.3 cm³/mol. The number of ether oxygens (including phenoxy) is 1. The fraction of sp³-hybridized carbons (Fsp3) is 0.571. The van der Waals surface area contributed by atoms with Crippen molar-refractivity contribution in [3.8, 4) is 5.75 Å². The molecule has 5 heteroatoms. The highest BCUT2D eigenvalue weighted by Crippen LogP contribution is 2.38. The molecule has 0 aliphatic carbocycles. The third kappa shape index (κ3) is 2.62. The highest BCUT2D eigenvalue weighted by molar-refractivity contribution is 7.92. The van der Waals surface area contributed by atoms with Gasteiger partial charge in [-0.05, 0) is 37.1 Å². The first kappa shape index (κ1) is 14.3. The average molecular weight is 283 g/mol. The summed E-state index contributed by atoms with van der Waals surface area (Å²) in [5, 5.41) is 3.08. The van der Waals surface area contributed by atoms with E-state index in [0.29, 0.717) is 23.1 Å². The van der Waals surface area contributed by atoms with Crippen LogP contribution in [0.1, 0.15) is 38.8 Å². The van der Waals surface area contributed by atoms with Crippen molar-refractivity contribution in [3.05, 3.63) is 23.8 Å². The molecule has 2 unspecified atom stereocenters. The van der Waals surface area contributed by atoms with E-state index in [9.17, 15) is 8.42 Å². The quantitative estimate of drug-likeness (QED) is 0.925. The normalized spacial score (nSPS) is 25.1. The highest BCUT2D eigenvalue weighted by Gasteiger charge is 2.36. The van der Waals surface area contributed by atoms with Crippen LogP contribution in [-0.2, 0) is 9.84 Å². The van der Waals surface area contributed by atoms with Gasteiger partial charge in [0.1, 0.15) is 5.75 Å². The summed E-state index contributed by atoms with van der Waals surface area (Å²) in [6, 6.07) is 5.56. The molecule has 1 heterocycles. The summed E-state index contributed by atoms with van der Waals surface area (Å²) >= 11 is 0. The number of benzene rings is 1. The Labute approximate surface area is 115 Å².